The summed E-state index contributed by atoms with van der Waals surface area (Å²) in [5.74, 6) is 0.0887. The van der Waals surface area contributed by atoms with Crippen LogP contribution in [0.5, 0.6) is 0 Å². The predicted octanol–water partition coefficient (Wildman–Crippen LogP) is 2.56. The van der Waals surface area contributed by atoms with Crippen molar-refractivity contribution >= 4 is 33.2 Å². The predicted molar refractivity (Wildman–Crippen MR) is 76.5 cm³/mol. The number of hydrogen-bond acceptors (Lipinski definition) is 3. The summed E-state index contributed by atoms with van der Waals surface area (Å²) in [5, 5.41) is 6.03. The molecule has 1 aromatic rings. The van der Waals surface area contributed by atoms with E-state index in [4.69, 9.17) is 0 Å². The molecular weight excluding hydrogens is 300 g/mol. The molecule has 1 rings (SSSR count). The fourth-order valence-electron chi connectivity index (χ4n) is 1.37. The summed E-state index contributed by atoms with van der Waals surface area (Å²) >= 11 is 5.17. The minimum absolute atomic E-state index is 0.0887. The summed E-state index contributed by atoms with van der Waals surface area (Å²) in [6.45, 7) is 4.16. The molecule has 0 saturated heterocycles. The Bertz CT molecular complexity index is 341. The van der Waals surface area contributed by atoms with Gasteiger partial charge in [-0.05, 0) is 40.9 Å². The Morgan fingerprint density at radius 3 is 2.88 bits per heavy atom. The first-order valence-electron chi connectivity index (χ1n) is 5.94. The van der Waals surface area contributed by atoms with E-state index in [1.807, 2.05) is 0 Å². The van der Waals surface area contributed by atoms with Crippen molar-refractivity contribution in [2.45, 2.75) is 26.2 Å². The van der Waals surface area contributed by atoms with E-state index in [1.165, 1.54) is 4.88 Å². The van der Waals surface area contributed by atoms with Crippen LogP contribution in [0.15, 0.2) is 15.9 Å². The van der Waals surface area contributed by atoms with Crippen molar-refractivity contribution in [1.82, 2.24) is 10.6 Å². The minimum atomic E-state index is 0.0887. The molecule has 3 nitrogen and oxygen atoms in total. The molecule has 17 heavy (non-hydrogen) atoms. The van der Waals surface area contributed by atoms with Crippen molar-refractivity contribution in [2.24, 2.45) is 0 Å². The molecule has 1 aromatic heterocycles. The molecule has 0 atom stereocenters. The van der Waals surface area contributed by atoms with Crippen molar-refractivity contribution in [2.75, 3.05) is 19.6 Å². The lowest BCUT2D eigenvalue weighted by molar-refractivity contribution is -0.120. The maximum absolute atomic E-state index is 11.4. The van der Waals surface area contributed by atoms with E-state index in [0.29, 0.717) is 6.54 Å². The number of carbonyl (C=O) groups is 1. The zero-order valence-electron chi connectivity index (χ0n) is 10.1. The normalized spacial score (nSPS) is 10.5. The van der Waals surface area contributed by atoms with Gasteiger partial charge in [0.2, 0.25) is 5.91 Å². The number of unbranched alkanes of at least 4 members (excludes halogenated alkanes) is 1. The van der Waals surface area contributed by atoms with E-state index >= 15 is 0 Å². The molecule has 0 aliphatic carbocycles. The van der Waals surface area contributed by atoms with Crippen LogP contribution < -0.4 is 10.6 Å². The molecule has 0 aliphatic rings. The van der Waals surface area contributed by atoms with Crippen LogP contribution in [0.3, 0.4) is 0 Å². The van der Waals surface area contributed by atoms with Crippen LogP contribution in [0.4, 0.5) is 0 Å². The van der Waals surface area contributed by atoms with Gasteiger partial charge in [0.25, 0.3) is 0 Å². The third kappa shape index (κ3) is 6.81. The third-order valence-electron chi connectivity index (χ3n) is 2.32. The highest BCUT2D eigenvalue weighted by Crippen LogP contribution is 2.21. The van der Waals surface area contributed by atoms with Crippen molar-refractivity contribution in [3.63, 3.8) is 0 Å². The summed E-state index contributed by atoms with van der Waals surface area (Å²) in [6, 6.07) is 4.16. The summed E-state index contributed by atoms with van der Waals surface area (Å²) < 4.78 is 1.16. The Morgan fingerprint density at radius 2 is 2.24 bits per heavy atom. The van der Waals surface area contributed by atoms with Gasteiger partial charge in [0.05, 0.1) is 10.3 Å². The monoisotopic (exact) mass is 318 g/mol. The first-order chi connectivity index (χ1) is 8.22. The van der Waals surface area contributed by atoms with Gasteiger partial charge in [0.1, 0.15) is 0 Å². The number of rotatable bonds is 8. The summed E-state index contributed by atoms with van der Waals surface area (Å²) in [4.78, 5) is 12.7. The Morgan fingerprint density at radius 1 is 1.41 bits per heavy atom. The van der Waals surface area contributed by atoms with Gasteiger partial charge in [0, 0.05) is 18.0 Å². The standard InChI is InChI=1S/C12H19BrN2OS/c1-2-3-7-15-12(16)9-14-8-6-10-4-5-11(13)17-10/h4-5,14H,2-3,6-9H2,1H3,(H,15,16). The minimum Gasteiger partial charge on any atom is -0.355 e. The summed E-state index contributed by atoms with van der Waals surface area (Å²) in [6.07, 6.45) is 3.13. The molecule has 0 unspecified atom stereocenters. The number of thiophene rings is 1. The average Bonchev–Trinajstić information content (AvgIpc) is 2.71. The Balaban J connectivity index is 2.02. The highest BCUT2D eigenvalue weighted by atomic mass is 79.9. The van der Waals surface area contributed by atoms with Crippen LogP contribution in [0.25, 0.3) is 0 Å². The third-order valence-corrected chi connectivity index (χ3v) is 4.00. The molecule has 0 aliphatic heterocycles. The molecule has 0 bridgehead atoms. The SMILES string of the molecule is CCCCNC(=O)CNCCc1ccc(Br)s1. The van der Waals surface area contributed by atoms with Gasteiger partial charge < -0.3 is 10.6 Å². The van der Waals surface area contributed by atoms with Gasteiger partial charge in [-0.3, -0.25) is 4.79 Å². The molecule has 96 valence electrons. The van der Waals surface area contributed by atoms with Crippen LogP contribution in [-0.2, 0) is 11.2 Å². The lowest BCUT2D eigenvalue weighted by Crippen LogP contribution is -2.35. The first kappa shape index (κ1) is 14.7. The van der Waals surface area contributed by atoms with Crippen molar-refractivity contribution in [1.29, 1.82) is 0 Å². The van der Waals surface area contributed by atoms with E-state index in [1.54, 1.807) is 11.3 Å². The van der Waals surface area contributed by atoms with Crippen molar-refractivity contribution in [3.8, 4) is 0 Å². The van der Waals surface area contributed by atoms with E-state index in [2.05, 4.69) is 45.6 Å². The molecule has 2 N–H and O–H groups in total. The second-order valence-electron chi connectivity index (χ2n) is 3.84. The molecule has 0 fully saturated rings. The summed E-state index contributed by atoms with van der Waals surface area (Å²) in [5.41, 5.74) is 0. The van der Waals surface area contributed by atoms with Gasteiger partial charge in [-0.25, -0.2) is 0 Å². The zero-order chi connectivity index (χ0) is 12.5. The summed E-state index contributed by atoms with van der Waals surface area (Å²) in [7, 11) is 0. The number of hydrogen-bond donors (Lipinski definition) is 2. The van der Waals surface area contributed by atoms with E-state index in [0.717, 1.165) is 36.1 Å². The highest BCUT2D eigenvalue weighted by Gasteiger charge is 2.00. The second kappa shape index (κ2) is 8.66. The fraction of sp³-hybridized carbons (Fsp3) is 0.583. The second-order valence-corrected chi connectivity index (χ2v) is 6.38. The van der Waals surface area contributed by atoms with Gasteiger partial charge >= 0.3 is 0 Å². The molecule has 1 amide bonds. The number of halogens is 1. The first-order valence-corrected chi connectivity index (χ1v) is 7.55. The molecule has 0 saturated carbocycles. The largest absolute Gasteiger partial charge is 0.355 e. The topological polar surface area (TPSA) is 41.1 Å². The number of amides is 1. The van der Waals surface area contributed by atoms with Crippen molar-refractivity contribution < 1.29 is 4.79 Å². The van der Waals surface area contributed by atoms with Crippen LogP contribution >= 0.6 is 27.3 Å². The lowest BCUT2D eigenvalue weighted by Gasteiger charge is -2.05. The molecule has 0 spiro atoms. The van der Waals surface area contributed by atoms with Gasteiger partial charge in [-0.2, -0.15) is 0 Å². The van der Waals surface area contributed by atoms with Crippen LogP contribution in [-0.4, -0.2) is 25.5 Å². The van der Waals surface area contributed by atoms with Gasteiger partial charge in [0.15, 0.2) is 0 Å². The number of nitrogens with one attached hydrogen (secondary N) is 2. The highest BCUT2D eigenvalue weighted by molar-refractivity contribution is 9.11. The molecule has 0 radical (unpaired) electrons. The Kier molecular flexibility index (Phi) is 7.48. The fourth-order valence-corrected chi connectivity index (χ4v) is 2.85. The maximum atomic E-state index is 11.4. The Labute approximate surface area is 115 Å². The molecule has 1 heterocycles. The van der Waals surface area contributed by atoms with Crippen molar-refractivity contribution in [3.05, 3.63) is 20.8 Å². The maximum Gasteiger partial charge on any atom is 0.233 e. The lowest BCUT2D eigenvalue weighted by atomic mass is 10.3. The van der Waals surface area contributed by atoms with E-state index < -0.39 is 0 Å². The van der Waals surface area contributed by atoms with Gasteiger partial charge in [-0.1, -0.05) is 13.3 Å². The molecule has 0 aromatic carbocycles. The van der Waals surface area contributed by atoms with Crippen LogP contribution in [0.2, 0.25) is 0 Å². The van der Waals surface area contributed by atoms with E-state index in [-0.39, 0.29) is 5.91 Å². The van der Waals surface area contributed by atoms with Gasteiger partial charge in [-0.15, -0.1) is 11.3 Å². The Hall–Kier alpha value is -0.390. The quantitative estimate of drug-likeness (QED) is 0.723. The van der Waals surface area contributed by atoms with E-state index in [9.17, 15) is 4.79 Å². The smallest absolute Gasteiger partial charge is 0.233 e. The molecule has 5 heteroatoms. The average molecular weight is 319 g/mol. The van der Waals surface area contributed by atoms with Crippen LogP contribution in [0.1, 0.15) is 24.6 Å². The zero-order valence-corrected chi connectivity index (χ0v) is 12.5. The number of carbonyl (C=O) groups excluding carboxylic acids is 1. The van der Waals surface area contributed by atoms with Crippen LogP contribution in [0, 0.1) is 0 Å². The molecular formula is C12H19BrN2OS.